The van der Waals surface area contributed by atoms with Gasteiger partial charge < -0.3 is 4.84 Å². The van der Waals surface area contributed by atoms with E-state index in [4.69, 9.17) is 4.84 Å². The van der Waals surface area contributed by atoms with E-state index < -0.39 is 16.5 Å². The Labute approximate surface area is 149 Å². The van der Waals surface area contributed by atoms with Crippen LogP contribution in [0.4, 0.5) is 10.1 Å². The first kappa shape index (κ1) is 17.5. The van der Waals surface area contributed by atoms with Crippen molar-refractivity contribution in [1.82, 2.24) is 0 Å². The third kappa shape index (κ3) is 3.54. The van der Waals surface area contributed by atoms with E-state index in [1.807, 2.05) is 30.3 Å². The number of halogens is 1. The van der Waals surface area contributed by atoms with Crippen LogP contribution in [0.2, 0.25) is 0 Å². The third-order valence-electron chi connectivity index (χ3n) is 3.98. The number of hydrogen-bond acceptors (Lipinski definition) is 4. The van der Waals surface area contributed by atoms with Crippen LogP contribution >= 0.6 is 11.8 Å². The maximum Gasteiger partial charge on any atom is 0.332 e. The second kappa shape index (κ2) is 6.88. The number of carbonyl (C=O) groups is 2. The van der Waals surface area contributed by atoms with Crippen LogP contribution in [0.1, 0.15) is 25.8 Å². The number of nitrogens with zero attached hydrogens (tertiary/aromatic N) is 1. The fourth-order valence-corrected chi connectivity index (χ4v) is 4.02. The zero-order valence-corrected chi connectivity index (χ0v) is 14.8. The van der Waals surface area contributed by atoms with Gasteiger partial charge in [0, 0.05) is 11.3 Å². The largest absolute Gasteiger partial charge is 0.333 e. The van der Waals surface area contributed by atoms with Gasteiger partial charge in [0.05, 0.1) is 5.69 Å². The molecule has 2 aromatic rings. The predicted octanol–water partition coefficient (Wildman–Crippen LogP) is 4.13. The van der Waals surface area contributed by atoms with E-state index >= 15 is 0 Å². The number of hydroxylamine groups is 1. The molecular weight excluding hydrogens is 341 g/mol. The van der Waals surface area contributed by atoms with Crippen LogP contribution in [0.5, 0.6) is 0 Å². The number of benzene rings is 2. The Morgan fingerprint density at radius 1 is 1.24 bits per heavy atom. The van der Waals surface area contributed by atoms with E-state index in [9.17, 15) is 14.0 Å². The maximum atomic E-state index is 13.7. The second-order valence-electron chi connectivity index (χ2n) is 6.02. The number of fused-ring (bicyclic) bond motifs is 1. The minimum Gasteiger partial charge on any atom is -0.333 e. The lowest BCUT2D eigenvalue weighted by Gasteiger charge is -2.38. The number of anilines is 1. The number of hydrogen-bond donors (Lipinski definition) is 0. The van der Waals surface area contributed by atoms with Gasteiger partial charge in [0.15, 0.2) is 0 Å². The van der Waals surface area contributed by atoms with Crippen molar-refractivity contribution < 1.29 is 18.8 Å². The lowest BCUT2D eigenvalue weighted by atomic mass is 9.98. The van der Waals surface area contributed by atoms with Crippen molar-refractivity contribution in [2.45, 2.75) is 36.3 Å². The number of carbonyl (C=O) groups excluding carboxylic acids is 2. The zero-order chi connectivity index (χ0) is 18.0. The fraction of sp³-hybridized carbons (Fsp3) is 0.263. The van der Waals surface area contributed by atoms with Crippen molar-refractivity contribution in [3.8, 4) is 0 Å². The molecule has 0 saturated heterocycles. The van der Waals surface area contributed by atoms with Crippen LogP contribution in [-0.2, 0) is 20.8 Å². The summed E-state index contributed by atoms with van der Waals surface area (Å²) in [4.78, 5) is 30.7. The molecular formula is C19H18FNO3S. The standard InChI is InChI=1S/C19H18FNO3S/c1-3-17(22)24-21-15-10-9-14(20)11-16(15)25-19(2,18(21)23)12-13-7-5-4-6-8-13/h4-11H,3,12H2,1-2H3. The summed E-state index contributed by atoms with van der Waals surface area (Å²) in [5.41, 5.74) is 1.37. The van der Waals surface area contributed by atoms with E-state index in [1.54, 1.807) is 13.8 Å². The highest BCUT2D eigenvalue weighted by molar-refractivity contribution is 8.01. The molecule has 0 fully saturated rings. The van der Waals surface area contributed by atoms with Crippen LogP contribution < -0.4 is 5.06 Å². The topological polar surface area (TPSA) is 46.6 Å². The van der Waals surface area contributed by atoms with Gasteiger partial charge in [0.1, 0.15) is 10.6 Å². The van der Waals surface area contributed by atoms with E-state index in [-0.39, 0.29) is 12.3 Å². The predicted molar refractivity (Wildman–Crippen MR) is 94.7 cm³/mol. The number of amides is 1. The summed E-state index contributed by atoms with van der Waals surface area (Å²) in [5.74, 6) is -1.25. The van der Waals surface area contributed by atoms with Gasteiger partial charge in [0.25, 0.3) is 5.91 Å². The molecule has 2 aromatic carbocycles. The Morgan fingerprint density at radius 2 is 1.96 bits per heavy atom. The molecule has 1 unspecified atom stereocenters. The third-order valence-corrected chi connectivity index (χ3v) is 5.30. The highest BCUT2D eigenvalue weighted by Gasteiger charge is 2.45. The molecule has 4 nitrogen and oxygen atoms in total. The van der Waals surface area contributed by atoms with Crippen LogP contribution in [0, 0.1) is 5.82 Å². The van der Waals surface area contributed by atoms with E-state index in [1.165, 1.54) is 30.0 Å². The lowest BCUT2D eigenvalue weighted by Crippen LogP contribution is -2.50. The average molecular weight is 359 g/mol. The minimum atomic E-state index is -0.907. The molecule has 0 aliphatic carbocycles. The molecule has 0 N–H and O–H groups in total. The van der Waals surface area contributed by atoms with Crippen molar-refractivity contribution in [3.63, 3.8) is 0 Å². The molecule has 0 radical (unpaired) electrons. The molecule has 25 heavy (non-hydrogen) atoms. The Balaban J connectivity index is 2.01. The molecule has 1 aliphatic rings. The Bertz CT molecular complexity index is 812. The van der Waals surface area contributed by atoms with Gasteiger partial charge in [0.2, 0.25) is 0 Å². The number of thioether (sulfide) groups is 1. The Hall–Kier alpha value is -2.34. The maximum absolute atomic E-state index is 13.7. The van der Waals surface area contributed by atoms with Crippen molar-refractivity contribution in [2.75, 3.05) is 5.06 Å². The molecule has 1 amide bonds. The molecule has 3 rings (SSSR count). The second-order valence-corrected chi connectivity index (χ2v) is 7.57. The van der Waals surface area contributed by atoms with Gasteiger partial charge in [-0.15, -0.1) is 16.8 Å². The molecule has 0 aromatic heterocycles. The van der Waals surface area contributed by atoms with Gasteiger partial charge in [-0.25, -0.2) is 9.18 Å². The van der Waals surface area contributed by atoms with E-state index in [0.717, 1.165) is 10.6 Å². The first-order chi connectivity index (χ1) is 11.9. The molecule has 1 atom stereocenters. The summed E-state index contributed by atoms with van der Waals surface area (Å²) in [6, 6.07) is 13.6. The van der Waals surface area contributed by atoms with Gasteiger partial charge in [-0.3, -0.25) is 4.79 Å². The smallest absolute Gasteiger partial charge is 0.332 e. The van der Waals surface area contributed by atoms with Crippen LogP contribution in [0.3, 0.4) is 0 Å². The summed E-state index contributed by atoms with van der Waals surface area (Å²) >= 11 is 1.29. The molecule has 130 valence electrons. The highest BCUT2D eigenvalue weighted by atomic mass is 32.2. The SMILES string of the molecule is CCC(=O)ON1C(=O)C(C)(Cc2ccccc2)Sc2cc(F)ccc21. The summed E-state index contributed by atoms with van der Waals surface area (Å²) in [5, 5.41) is 1.01. The van der Waals surface area contributed by atoms with Gasteiger partial charge in [-0.1, -0.05) is 37.3 Å². The van der Waals surface area contributed by atoms with Gasteiger partial charge in [-0.05, 0) is 37.1 Å². The molecule has 1 heterocycles. The Morgan fingerprint density at radius 3 is 2.64 bits per heavy atom. The van der Waals surface area contributed by atoms with Crippen LogP contribution in [0.15, 0.2) is 53.4 Å². The fourth-order valence-electron chi connectivity index (χ4n) is 2.70. The average Bonchev–Trinajstić information content (AvgIpc) is 2.59. The molecule has 1 aliphatic heterocycles. The summed E-state index contributed by atoms with van der Waals surface area (Å²) < 4.78 is 12.8. The van der Waals surface area contributed by atoms with Crippen molar-refractivity contribution in [1.29, 1.82) is 0 Å². The normalized spacial score (nSPS) is 19.5. The van der Waals surface area contributed by atoms with E-state index in [2.05, 4.69) is 0 Å². The number of rotatable bonds is 4. The first-order valence-corrected chi connectivity index (χ1v) is 8.82. The highest BCUT2D eigenvalue weighted by Crippen LogP contribution is 2.47. The summed E-state index contributed by atoms with van der Waals surface area (Å²) in [6.07, 6.45) is 0.580. The Kier molecular flexibility index (Phi) is 4.81. The van der Waals surface area contributed by atoms with Crippen LogP contribution in [-0.4, -0.2) is 16.6 Å². The zero-order valence-electron chi connectivity index (χ0n) is 14.0. The van der Waals surface area contributed by atoms with Crippen molar-refractivity contribution in [3.05, 3.63) is 59.9 Å². The van der Waals surface area contributed by atoms with Crippen molar-refractivity contribution >= 4 is 29.3 Å². The molecule has 0 bridgehead atoms. The van der Waals surface area contributed by atoms with E-state index in [0.29, 0.717) is 17.0 Å². The minimum absolute atomic E-state index is 0.142. The lowest BCUT2D eigenvalue weighted by molar-refractivity contribution is -0.151. The monoisotopic (exact) mass is 359 g/mol. The summed E-state index contributed by atoms with van der Waals surface area (Å²) in [6.45, 7) is 3.44. The first-order valence-electron chi connectivity index (χ1n) is 8.01. The molecule has 0 saturated carbocycles. The van der Waals surface area contributed by atoms with Gasteiger partial charge >= 0.3 is 5.97 Å². The summed E-state index contributed by atoms with van der Waals surface area (Å²) in [7, 11) is 0. The van der Waals surface area contributed by atoms with Crippen LogP contribution in [0.25, 0.3) is 0 Å². The van der Waals surface area contributed by atoms with Gasteiger partial charge in [-0.2, -0.15) is 0 Å². The molecule has 6 heteroatoms. The molecule has 0 spiro atoms. The quantitative estimate of drug-likeness (QED) is 0.823. The van der Waals surface area contributed by atoms with Crippen molar-refractivity contribution in [2.24, 2.45) is 0 Å².